The number of esters is 1. The van der Waals surface area contributed by atoms with Gasteiger partial charge in [-0.25, -0.2) is 0 Å². The predicted molar refractivity (Wildman–Crippen MR) is 71.1 cm³/mol. The summed E-state index contributed by atoms with van der Waals surface area (Å²) < 4.78 is 5.39. The van der Waals surface area contributed by atoms with E-state index in [1.54, 1.807) is 5.57 Å². The van der Waals surface area contributed by atoms with Gasteiger partial charge in [0.2, 0.25) is 0 Å². The van der Waals surface area contributed by atoms with Crippen LogP contribution in [0.4, 0.5) is 0 Å². The molecule has 0 saturated heterocycles. The van der Waals surface area contributed by atoms with Crippen molar-refractivity contribution >= 4 is 5.97 Å². The zero-order valence-electron chi connectivity index (χ0n) is 11.3. The van der Waals surface area contributed by atoms with Gasteiger partial charge in [-0.3, -0.25) is 4.79 Å². The van der Waals surface area contributed by atoms with E-state index in [4.69, 9.17) is 4.74 Å². The molecule has 0 aromatic rings. The fraction of sp³-hybridized carbons (Fsp3) is 0.688. The Morgan fingerprint density at radius 3 is 3.00 bits per heavy atom. The summed E-state index contributed by atoms with van der Waals surface area (Å²) in [5.41, 5.74) is 4.14. The second-order valence-electron chi connectivity index (χ2n) is 5.78. The molecule has 0 radical (unpaired) electrons. The van der Waals surface area contributed by atoms with E-state index in [1.807, 2.05) is 6.92 Å². The summed E-state index contributed by atoms with van der Waals surface area (Å²) in [5, 5.41) is 0. The lowest BCUT2D eigenvalue weighted by Gasteiger charge is -2.32. The van der Waals surface area contributed by atoms with E-state index in [0.717, 1.165) is 25.7 Å². The van der Waals surface area contributed by atoms with Gasteiger partial charge in [-0.2, -0.15) is 0 Å². The molecule has 1 unspecified atom stereocenters. The molecule has 0 aliphatic heterocycles. The quantitative estimate of drug-likeness (QED) is 0.690. The van der Waals surface area contributed by atoms with E-state index in [-0.39, 0.29) is 11.4 Å². The lowest BCUT2D eigenvalue weighted by Crippen LogP contribution is -2.34. The molecule has 3 aliphatic rings. The van der Waals surface area contributed by atoms with Crippen molar-refractivity contribution in [3.8, 4) is 0 Å². The van der Waals surface area contributed by atoms with Crippen LogP contribution in [-0.2, 0) is 9.53 Å². The van der Waals surface area contributed by atoms with Gasteiger partial charge in [0.1, 0.15) is 0 Å². The van der Waals surface area contributed by atoms with Crippen molar-refractivity contribution in [3.63, 3.8) is 0 Å². The second-order valence-corrected chi connectivity index (χ2v) is 5.78. The van der Waals surface area contributed by atoms with Crippen LogP contribution >= 0.6 is 0 Å². The highest BCUT2D eigenvalue weighted by atomic mass is 16.5. The van der Waals surface area contributed by atoms with E-state index in [2.05, 4.69) is 6.08 Å². The van der Waals surface area contributed by atoms with Crippen LogP contribution in [0.5, 0.6) is 0 Å². The zero-order chi connectivity index (χ0) is 12.6. The minimum Gasteiger partial charge on any atom is -0.465 e. The monoisotopic (exact) mass is 246 g/mol. The lowest BCUT2D eigenvalue weighted by molar-refractivity contribution is -0.153. The molecule has 0 heterocycles. The summed E-state index contributed by atoms with van der Waals surface area (Å²) in [7, 11) is 0. The van der Waals surface area contributed by atoms with Crippen LogP contribution in [0.15, 0.2) is 22.8 Å². The molecule has 98 valence electrons. The smallest absolute Gasteiger partial charge is 0.316 e. The average molecular weight is 246 g/mol. The number of hydrogen-bond donors (Lipinski definition) is 0. The van der Waals surface area contributed by atoms with Crippen molar-refractivity contribution in [2.45, 2.75) is 58.3 Å². The largest absolute Gasteiger partial charge is 0.465 e. The van der Waals surface area contributed by atoms with Crippen LogP contribution in [0.2, 0.25) is 0 Å². The first-order chi connectivity index (χ1) is 8.78. The summed E-state index contributed by atoms with van der Waals surface area (Å²) in [6.07, 6.45) is 11.5. The number of carbonyl (C=O) groups is 1. The highest BCUT2D eigenvalue weighted by molar-refractivity contribution is 5.85. The molecular weight excluding hydrogens is 224 g/mol. The molecule has 18 heavy (non-hydrogen) atoms. The van der Waals surface area contributed by atoms with E-state index in [9.17, 15) is 4.79 Å². The van der Waals surface area contributed by atoms with Gasteiger partial charge in [-0.05, 0) is 69.4 Å². The molecule has 0 aromatic carbocycles. The third kappa shape index (κ3) is 1.65. The number of fused-ring (bicyclic) bond motifs is 2. The molecule has 0 amide bonds. The molecule has 0 bridgehead atoms. The minimum atomic E-state index is -0.288. The number of allylic oxidation sites excluding steroid dienone is 3. The molecule has 0 N–H and O–H groups in total. The molecular formula is C16H22O2. The first-order valence-electron chi connectivity index (χ1n) is 7.37. The normalized spacial score (nSPS) is 30.6. The third-order valence-electron chi connectivity index (χ3n) is 4.76. The molecule has 3 aliphatic carbocycles. The fourth-order valence-electron chi connectivity index (χ4n) is 3.98. The SMILES string of the molecule is CCOC(=O)C12CCCC=C1C1=C(CCCC1)C2. The van der Waals surface area contributed by atoms with Crippen LogP contribution < -0.4 is 0 Å². The third-order valence-corrected chi connectivity index (χ3v) is 4.76. The average Bonchev–Trinajstić information content (AvgIpc) is 2.74. The minimum absolute atomic E-state index is 0.0327. The van der Waals surface area contributed by atoms with Gasteiger partial charge >= 0.3 is 5.97 Å². The van der Waals surface area contributed by atoms with Crippen molar-refractivity contribution in [1.82, 2.24) is 0 Å². The van der Waals surface area contributed by atoms with Gasteiger partial charge in [0.15, 0.2) is 0 Å². The number of rotatable bonds is 2. The molecule has 3 rings (SSSR count). The number of ether oxygens (including phenoxy) is 1. The van der Waals surface area contributed by atoms with Gasteiger partial charge in [-0.15, -0.1) is 0 Å². The predicted octanol–water partition coefficient (Wildman–Crippen LogP) is 3.92. The van der Waals surface area contributed by atoms with Gasteiger partial charge in [0, 0.05) is 0 Å². The van der Waals surface area contributed by atoms with Crippen molar-refractivity contribution in [3.05, 3.63) is 22.8 Å². The van der Waals surface area contributed by atoms with Gasteiger partial charge < -0.3 is 4.74 Å². The maximum absolute atomic E-state index is 12.5. The van der Waals surface area contributed by atoms with Crippen molar-refractivity contribution < 1.29 is 9.53 Å². The van der Waals surface area contributed by atoms with Crippen molar-refractivity contribution in [1.29, 1.82) is 0 Å². The molecule has 0 saturated carbocycles. The maximum Gasteiger partial charge on any atom is 0.316 e. The Morgan fingerprint density at radius 1 is 1.33 bits per heavy atom. The van der Waals surface area contributed by atoms with Crippen molar-refractivity contribution in [2.24, 2.45) is 5.41 Å². The number of hydrogen-bond acceptors (Lipinski definition) is 2. The highest BCUT2D eigenvalue weighted by Gasteiger charge is 2.50. The Hall–Kier alpha value is -1.05. The summed E-state index contributed by atoms with van der Waals surface area (Å²) in [5.74, 6) is 0.0327. The lowest BCUT2D eigenvalue weighted by atomic mass is 9.72. The standard InChI is InChI=1S/C16H22O2/c1-2-18-15(17)16-10-6-5-9-14(16)13-8-4-3-7-12(13)11-16/h9H,2-8,10-11H2,1H3. The van der Waals surface area contributed by atoms with Crippen LogP contribution in [-0.4, -0.2) is 12.6 Å². The van der Waals surface area contributed by atoms with Gasteiger partial charge in [0.05, 0.1) is 12.0 Å². The van der Waals surface area contributed by atoms with Crippen LogP contribution in [0, 0.1) is 5.41 Å². The van der Waals surface area contributed by atoms with E-state index in [1.165, 1.54) is 36.8 Å². The molecule has 0 aromatic heterocycles. The van der Waals surface area contributed by atoms with E-state index < -0.39 is 0 Å². The molecule has 2 heteroatoms. The summed E-state index contributed by atoms with van der Waals surface area (Å²) in [4.78, 5) is 12.5. The van der Waals surface area contributed by atoms with E-state index >= 15 is 0 Å². The highest BCUT2D eigenvalue weighted by Crippen LogP contribution is 2.56. The van der Waals surface area contributed by atoms with Crippen LogP contribution in [0.25, 0.3) is 0 Å². The van der Waals surface area contributed by atoms with Crippen LogP contribution in [0.3, 0.4) is 0 Å². The first kappa shape index (κ1) is 12.0. The molecule has 0 spiro atoms. The Morgan fingerprint density at radius 2 is 2.17 bits per heavy atom. The molecule has 2 nitrogen and oxygen atoms in total. The number of carbonyl (C=O) groups excluding carboxylic acids is 1. The van der Waals surface area contributed by atoms with Gasteiger partial charge in [-0.1, -0.05) is 11.6 Å². The topological polar surface area (TPSA) is 26.3 Å². The van der Waals surface area contributed by atoms with Gasteiger partial charge in [0.25, 0.3) is 0 Å². The zero-order valence-corrected chi connectivity index (χ0v) is 11.3. The van der Waals surface area contributed by atoms with Crippen LogP contribution in [0.1, 0.15) is 58.3 Å². The van der Waals surface area contributed by atoms with E-state index in [0.29, 0.717) is 6.61 Å². The summed E-state index contributed by atoms with van der Waals surface area (Å²) in [6.45, 7) is 2.40. The first-order valence-corrected chi connectivity index (χ1v) is 7.37. The maximum atomic E-state index is 12.5. The Labute approximate surface area is 109 Å². The Bertz CT molecular complexity index is 430. The summed E-state index contributed by atoms with van der Waals surface area (Å²) in [6, 6.07) is 0. The molecule has 1 atom stereocenters. The summed E-state index contributed by atoms with van der Waals surface area (Å²) >= 11 is 0. The Kier molecular flexibility index (Phi) is 3.04. The fourth-order valence-corrected chi connectivity index (χ4v) is 3.98. The Balaban J connectivity index is 1.97. The molecule has 0 fully saturated rings. The second kappa shape index (κ2) is 4.56. The van der Waals surface area contributed by atoms with Crippen molar-refractivity contribution in [2.75, 3.05) is 6.61 Å².